The van der Waals surface area contributed by atoms with E-state index < -0.39 is 18.3 Å². The van der Waals surface area contributed by atoms with Gasteiger partial charge < -0.3 is 14.2 Å². The molecule has 147 valence electrons. The topological polar surface area (TPSA) is 94.5 Å². The van der Waals surface area contributed by atoms with E-state index >= 15 is 0 Å². The van der Waals surface area contributed by atoms with E-state index in [0.29, 0.717) is 29.7 Å². The summed E-state index contributed by atoms with van der Waals surface area (Å²) in [6.07, 6.45) is -1.14. The molecule has 8 heteroatoms. The van der Waals surface area contributed by atoms with Crippen LogP contribution in [-0.4, -0.2) is 48.8 Å². The summed E-state index contributed by atoms with van der Waals surface area (Å²) in [4.78, 5) is 41.4. The Morgan fingerprint density at radius 3 is 1.85 bits per heavy atom. The fourth-order valence-electron chi connectivity index (χ4n) is 1.84. The second kappa shape index (κ2) is 12.5. The Hall–Kier alpha value is -2.90. The molecule has 0 aromatic heterocycles. The van der Waals surface area contributed by atoms with Gasteiger partial charge in [-0.2, -0.15) is 9.89 Å². The third kappa shape index (κ3) is 7.47. The quantitative estimate of drug-likeness (QED) is 0.402. The summed E-state index contributed by atoms with van der Waals surface area (Å²) in [5.74, 6) is -0.229. The largest absolute Gasteiger partial charge is 0.449 e. The van der Waals surface area contributed by atoms with E-state index in [9.17, 15) is 14.4 Å². The van der Waals surface area contributed by atoms with Crippen LogP contribution in [0.2, 0.25) is 0 Å². The highest BCUT2D eigenvalue weighted by molar-refractivity contribution is 6.17. The number of carbonyl (C=O) groups is 3. The lowest BCUT2D eigenvalue weighted by atomic mass is 10.2. The van der Waals surface area contributed by atoms with Gasteiger partial charge in [0.25, 0.3) is 0 Å². The van der Waals surface area contributed by atoms with Crippen LogP contribution in [0.5, 0.6) is 0 Å². The summed E-state index contributed by atoms with van der Waals surface area (Å²) in [5.41, 5.74) is 0.337. The summed E-state index contributed by atoms with van der Waals surface area (Å²) in [6.45, 7) is 5.84. The van der Waals surface area contributed by atoms with Gasteiger partial charge in [-0.15, -0.1) is 0 Å². The van der Waals surface area contributed by atoms with Crippen LogP contribution in [0.1, 0.15) is 45.6 Å². The first-order valence-corrected chi connectivity index (χ1v) is 8.90. The zero-order valence-corrected chi connectivity index (χ0v) is 15.9. The molecule has 0 saturated heterocycles. The van der Waals surface area contributed by atoms with Crippen LogP contribution in [0.4, 0.5) is 14.4 Å². The van der Waals surface area contributed by atoms with Crippen LogP contribution in [0.25, 0.3) is 0 Å². The summed E-state index contributed by atoms with van der Waals surface area (Å²) in [7, 11) is 0. The number of hydrogen-bond acceptors (Lipinski definition) is 6. The molecule has 0 fully saturated rings. The number of rotatable bonds is 7. The van der Waals surface area contributed by atoms with Crippen molar-refractivity contribution in [2.75, 3.05) is 19.8 Å². The highest BCUT2D eigenvalue weighted by Gasteiger charge is 2.31. The SMILES string of the molecule is CCCOC(=O)/N=C(\c1cc[c]cc1)N(C(=O)OCCC)C(=O)OCCC. The van der Waals surface area contributed by atoms with Crippen molar-refractivity contribution in [3.63, 3.8) is 0 Å². The van der Waals surface area contributed by atoms with Gasteiger partial charge in [0.1, 0.15) is 0 Å². The molecular formula is C19H25N2O6. The molecule has 0 N–H and O–H groups in total. The summed E-state index contributed by atoms with van der Waals surface area (Å²) < 4.78 is 15.1. The predicted molar refractivity (Wildman–Crippen MR) is 98.6 cm³/mol. The molecule has 27 heavy (non-hydrogen) atoms. The molecule has 8 nitrogen and oxygen atoms in total. The molecule has 0 aliphatic rings. The minimum atomic E-state index is -0.979. The third-order valence-corrected chi connectivity index (χ3v) is 3.04. The van der Waals surface area contributed by atoms with E-state index in [-0.39, 0.29) is 25.7 Å². The highest BCUT2D eigenvalue weighted by Crippen LogP contribution is 2.11. The summed E-state index contributed by atoms with van der Waals surface area (Å²) >= 11 is 0. The molecule has 0 atom stereocenters. The number of hydrogen-bond donors (Lipinski definition) is 0. The van der Waals surface area contributed by atoms with E-state index in [1.807, 2.05) is 20.8 Å². The molecule has 1 radical (unpaired) electrons. The van der Waals surface area contributed by atoms with Gasteiger partial charge in [0.05, 0.1) is 19.8 Å². The first-order valence-electron chi connectivity index (χ1n) is 8.90. The van der Waals surface area contributed by atoms with E-state index in [2.05, 4.69) is 11.1 Å². The van der Waals surface area contributed by atoms with Gasteiger partial charge in [0.2, 0.25) is 0 Å². The maximum atomic E-state index is 12.5. The summed E-state index contributed by atoms with van der Waals surface area (Å²) in [5, 5.41) is 0. The first-order chi connectivity index (χ1) is 13.0. The number of nitrogens with zero attached hydrogens (tertiary/aromatic N) is 2. The van der Waals surface area contributed by atoms with E-state index in [1.54, 1.807) is 24.3 Å². The molecule has 0 saturated carbocycles. The molecule has 0 unspecified atom stereocenters. The Morgan fingerprint density at radius 1 is 0.889 bits per heavy atom. The molecule has 0 aliphatic heterocycles. The van der Waals surface area contributed by atoms with Crippen molar-refractivity contribution in [2.45, 2.75) is 40.0 Å². The van der Waals surface area contributed by atoms with Crippen molar-refractivity contribution in [1.29, 1.82) is 0 Å². The first kappa shape index (κ1) is 22.1. The molecular weight excluding hydrogens is 352 g/mol. The zero-order valence-electron chi connectivity index (χ0n) is 15.9. The maximum absolute atomic E-state index is 12.5. The maximum Gasteiger partial charge on any atom is 0.435 e. The van der Waals surface area contributed by atoms with Crippen molar-refractivity contribution >= 4 is 24.1 Å². The number of amidine groups is 1. The van der Waals surface area contributed by atoms with E-state index in [4.69, 9.17) is 14.2 Å². The number of amides is 3. The van der Waals surface area contributed by atoms with Crippen molar-refractivity contribution in [1.82, 2.24) is 4.90 Å². The van der Waals surface area contributed by atoms with Gasteiger partial charge >= 0.3 is 18.3 Å². The van der Waals surface area contributed by atoms with Crippen LogP contribution in [-0.2, 0) is 14.2 Å². The number of aliphatic imine (C=N–C) groups is 1. The number of ether oxygens (including phenoxy) is 3. The fourth-order valence-corrected chi connectivity index (χ4v) is 1.84. The standard InChI is InChI=1S/C19H25N2O6/c1-4-12-25-17(22)20-16(15-10-8-7-9-11-15)21(18(23)26-13-5-2)19(24)27-14-6-3/h8-11H,4-6,12-14H2,1-3H3/b20-16+. The third-order valence-electron chi connectivity index (χ3n) is 3.04. The van der Waals surface area contributed by atoms with Crippen LogP contribution < -0.4 is 0 Å². The second-order valence-electron chi connectivity index (χ2n) is 5.40. The van der Waals surface area contributed by atoms with Gasteiger partial charge in [-0.1, -0.05) is 45.0 Å². The van der Waals surface area contributed by atoms with Crippen molar-refractivity contribution in [3.8, 4) is 0 Å². The number of carbonyl (C=O) groups excluding carboxylic acids is 3. The normalized spacial score (nSPS) is 10.9. The van der Waals surface area contributed by atoms with Crippen molar-refractivity contribution in [3.05, 3.63) is 35.9 Å². The monoisotopic (exact) mass is 377 g/mol. The van der Waals surface area contributed by atoms with Crippen molar-refractivity contribution in [2.24, 2.45) is 4.99 Å². The minimum Gasteiger partial charge on any atom is -0.449 e. The number of imide groups is 1. The molecule has 0 aliphatic carbocycles. The molecule has 1 aromatic rings. The Kier molecular flexibility index (Phi) is 10.2. The van der Waals surface area contributed by atoms with Gasteiger partial charge in [-0.05, 0) is 25.3 Å². The molecule has 0 spiro atoms. The van der Waals surface area contributed by atoms with Crippen molar-refractivity contribution < 1.29 is 28.6 Å². The lowest BCUT2D eigenvalue weighted by Gasteiger charge is -2.21. The second-order valence-corrected chi connectivity index (χ2v) is 5.40. The Morgan fingerprint density at radius 2 is 1.37 bits per heavy atom. The molecule has 1 aromatic carbocycles. The lowest BCUT2D eigenvalue weighted by Crippen LogP contribution is -2.43. The van der Waals surface area contributed by atoms with Gasteiger partial charge in [0.15, 0.2) is 5.84 Å². The Balaban J connectivity index is 3.30. The highest BCUT2D eigenvalue weighted by atomic mass is 16.6. The predicted octanol–water partition coefficient (Wildman–Crippen LogP) is 4.18. The van der Waals surface area contributed by atoms with Gasteiger partial charge in [0, 0.05) is 5.56 Å². The smallest absolute Gasteiger partial charge is 0.435 e. The fraction of sp³-hybridized carbons (Fsp3) is 0.474. The Bertz CT molecular complexity index is 625. The summed E-state index contributed by atoms with van der Waals surface area (Å²) in [6, 6.07) is 9.06. The van der Waals surface area contributed by atoms with Crippen LogP contribution in [0.3, 0.4) is 0 Å². The van der Waals surface area contributed by atoms with Crippen LogP contribution >= 0.6 is 0 Å². The van der Waals surface area contributed by atoms with Gasteiger partial charge in [-0.25, -0.2) is 14.4 Å². The van der Waals surface area contributed by atoms with E-state index in [1.165, 1.54) is 0 Å². The van der Waals surface area contributed by atoms with E-state index in [0.717, 1.165) is 0 Å². The molecule has 1 rings (SSSR count). The van der Waals surface area contributed by atoms with Gasteiger partial charge in [-0.3, -0.25) is 0 Å². The van der Waals surface area contributed by atoms with Crippen LogP contribution in [0, 0.1) is 6.07 Å². The molecule has 0 heterocycles. The minimum absolute atomic E-state index is 0.104. The Labute approximate surface area is 159 Å². The van der Waals surface area contributed by atoms with Crippen LogP contribution in [0.15, 0.2) is 29.3 Å². The molecule has 0 bridgehead atoms. The lowest BCUT2D eigenvalue weighted by molar-refractivity contribution is 0.0960. The average Bonchev–Trinajstić information content (AvgIpc) is 2.69. The average molecular weight is 377 g/mol. The zero-order chi connectivity index (χ0) is 20.1. The molecule has 3 amide bonds. The number of benzene rings is 1.